The van der Waals surface area contributed by atoms with Crippen LogP contribution in [0, 0.1) is 0 Å². The standard InChI is InChI=1S/C40H26N2/c1-2-10-28(11-3-1)39-33-14-6-8-16-35(33)40(36-17-9-7-15-34(36)39)37-19-18-30(31-12-4-5-13-32(31)37)29-22-25-42-38(26-29)27-20-23-41-24-21-27/h1-26H. The van der Waals surface area contributed by atoms with Gasteiger partial charge in [0, 0.05) is 24.2 Å². The summed E-state index contributed by atoms with van der Waals surface area (Å²) >= 11 is 0. The highest BCUT2D eigenvalue weighted by Crippen LogP contribution is 2.46. The number of pyridine rings is 2. The van der Waals surface area contributed by atoms with Crippen LogP contribution in [0.3, 0.4) is 0 Å². The SMILES string of the molecule is c1ccc(-c2c3ccccc3c(-c3ccc(-c4ccnc(-c5ccncc5)c4)c4ccccc34)c3ccccc23)cc1. The normalized spacial score (nSPS) is 11.3. The average Bonchev–Trinajstić information content (AvgIpc) is 3.07. The van der Waals surface area contributed by atoms with E-state index in [-0.39, 0.29) is 0 Å². The zero-order valence-electron chi connectivity index (χ0n) is 22.9. The number of nitrogens with zero attached hydrogens (tertiary/aromatic N) is 2. The Labute approximate surface area is 244 Å². The van der Waals surface area contributed by atoms with Crippen molar-refractivity contribution in [3.05, 3.63) is 158 Å². The molecule has 0 N–H and O–H groups in total. The Kier molecular flexibility index (Phi) is 5.82. The van der Waals surface area contributed by atoms with Crippen LogP contribution >= 0.6 is 0 Å². The van der Waals surface area contributed by atoms with Crippen molar-refractivity contribution in [2.24, 2.45) is 0 Å². The van der Waals surface area contributed by atoms with Gasteiger partial charge in [0.25, 0.3) is 0 Å². The molecule has 0 radical (unpaired) electrons. The zero-order valence-corrected chi connectivity index (χ0v) is 22.9. The molecule has 0 saturated carbocycles. The average molecular weight is 535 g/mol. The van der Waals surface area contributed by atoms with Crippen LogP contribution in [0.4, 0.5) is 0 Å². The maximum absolute atomic E-state index is 4.65. The van der Waals surface area contributed by atoms with Crippen LogP contribution in [0.5, 0.6) is 0 Å². The summed E-state index contributed by atoms with van der Waals surface area (Å²) in [5.41, 5.74) is 9.38. The quantitative estimate of drug-likeness (QED) is 0.210. The Balaban J connectivity index is 1.41. The molecule has 42 heavy (non-hydrogen) atoms. The van der Waals surface area contributed by atoms with Crippen LogP contribution in [0.1, 0.15) is 0 Å². The van der Waals surface area contributed by atoms with Crippen molar-refractivity contribution in [2.75, 3.05) is 0 Å². The molecule has 196 valence electrons. The van der Waals surface area contributed by atoms with Crippen molar-refractivity contribution in [1.82, 2.24) is 9.97 Å². The van der Waals surface area contributed by atoms with Crippen LogP contribution < -0.4 is 0 Å². The number of rotatable bonds is 4. The Morgan fingerprint density at radius 2 is 0.833 bits per heavy atom. The second kappa shape index (κ2) is 10.1. The highest BCUT2D eigenvalue weighted by molar-refractivity contribution is 6.24. The van der Waals surface area contributed by atoms with E-state index < -0.39 is 0 Å². The first-order valence-electron chi connectivity index (χ1n) is 14.2. The van der Waals surface area contributed by atoms with Gasteiger partial charge in [-0.15, -0.1) is 0 Å². The molecule has 0 fully saturated rings. The maximum Gasteiger partial charge on any atom is 0.0709 e. The van der Waals surface area contributed by atoms with E-state index in [4.69, 9.17) is 0 Å². The molecule has 8 rings (SSSR count). The fourth-order valence-corrected chi connectivity index (χ4v) is 6.38. The van der Waals surface area contributed by atoms with Gasteiger partial charge in [-0.25, -0.2) is 0 Å². The van der Waals surface area contributed by atoms with Gasteiger partial charge in [0.15, 0.2) is 0 Å². The molecule has 0 spiro atoms. The monoisotopic (exact) mass is 534 g/mol. The summed E-state index contributed by atoms with van der Waals surface area (Å²) in [6.07, 6.45) is 5.52. The first-order valence-corrected chi connectivity index (χ1v) is 14.2. The third kappa shape index (κ3) is 3.96. The van der Waals surface area contributed by atoms with Crippen LogP contribution in [0.2, 0.25) is 0 Å². The minimum atomic E-state index is 0.941. The van der Waals surface area contributed by atoms with Crippen molar-refractivity contribution in [3.8, 4) is 44.6 Å². The molecule has 0 bridgehead atoms. The molecule has 0 aliphatic rings. The lowest BCUT2D eigenvalue weighted by Gasteiger charge is -2.19. The molecular weight excluding hydrogens is 508 g/mol. The summed E-state index contributed by atoms with van der Waals surface area (Å²) in [6.45, 7) is 0. The van der Waals surface area contributed by atoms with Gasteiger partial charge in [0.05, 0.1) is 5.69 Å². The lowest BCUT2D eigenvalue weighted by molar-refractivity contribution is 1.29. The van der Waals surface area contributed by atoms with E-state index in [1.807, 2.05) is 30.7 Å². The van der Waals surface area contributed by atoms with Crippen molar-refractivity contribution < 1.29 is 0 Å². The highest BCUT2D eigenvalue weighted by Gasteiger charge is 2.18. The fourth-order valence-electron chi connectivity index (χ4n) is 6.38. The minimum absolute atomic E-state index is 0.941. The summed E-state index contributed by atoms with van der Waals surface area (Å²) in [4.78, 5) is 8.82. The van der Waals surface area contributed by atoms with Crippen LogP contribution in [0.15, 0.2) is 158 Å². The van der Waals surface area contributed by atoms with Gasteiger partial charge in [-0.05, 0) is 90.0 Å². The highest BCUT2D eigenvalue weighted by atomic mass is 14.7. The summed E-state index contributed by atoms with van der Waals surface area (Å²) in [5, 5.41) is 7.51. The van der Waals surface area contributed by atoms with Gasteiger partial charge >= 0.3 is 0 Å². The molecule has 2 heterocycles. The second-order valence-corrected chi connectivity index (χ2v) is 10.6. The molecule has 0 aliphatic carbocycles. The van der Waals surface area contributed by atoms with Gasteiger partial charge in [-0.1, -0.05) is 115 Å². The summed E-state index contributed by atoms with van der Waals surface area (Å²) in [7, 11) is 0. The summed E-state index contributed by atoms with van der Waals surface area (Å²) in [6, 6.07) is 50.1. The molecule has 2 nitrogen and oxygen atoms in total. The Morgan fingerprint density at radius 3 is 1.48 bits per heavy atom. The van der Waals surface area contributed by atoms with E-state index in [1.54, 1.807) is 0 Å². The molecule has 0 amide bonds. The van der Waals surface area contributed by atoms with E-state index in [2.05, 4.69) is 137 Å². The third-order valence-electron chi connectivity index (χ3n) is 8.23. The number of hydrogen-bond acceptors (Lipinski definition) is 2. The molecule has 0 atom stereocenters. The first kappa shape index (κ1) is 24.2. The summed E-state index contributed by atoms with van der Waals surface area (Å²) in [5.74, 6) is 0. The van der Waals surface area contributed by atoms with Crippen LogP contribution in [-0.2, 0) is 0 Å². The van der Waals surface area contributed by atoms with E-state index in [9.17, 15) is 0 Å². The molecule has 2 aromatic heterocycles. The molecule has 8 aromatic rings. The van der Waals surface area contributed by atoms with E-state index in [0.717, 1.165) is 16.8 Å². The number of aromatic nitrogens is 2. The maximum atomic E-state index is 4.65. The predicted molar refractivity (Wildman–Crippen MR) is 176 cm³/mol. The number of benzene rings is 6. The lowest BCUT2D eigenvalue weighted by Crippen LogP contribution is -1.92. The van der Waals surface area contributed by atoms with Gasteiger partial charge in [-0.2, -0.15) is 0 Å². The molecule has 0 saturated heterocycles. The van der Waals surface area contributed by atoms with Crippen molar-refractivity contribution >= 4 is 32.3 Å². The van der Waals surface area contributed by atoms with Crippen molar-refractivity contribution in [2.45, 2.75) is 0 Å². The molecule has 6 aromatic carbocycles. The molecule has 0 aliphatic heterocycles. The summed E-state index contributed by atoms with van der Waals surface area (Å²) < 4.78 is 0. The Bertz CT molecular complexity index is 2180. The van der Waals surface area contributed by atoms with Crippen LogP contribution in [0.25, 0.3) is 77.0 Å². The molecule has 0 unspecified atom stereocenters. The molecular formula is C40H26N2. The van der Waals surface area contributed by atoms with E-state index in [0.29, 0.717) is 0 Å². The van der Waals surface area contributed by atoms with Gasteiger partial charge in [0.2, 0.25) is 0 Å². The largest absolute Gasteiger partial charge is 0.265 e. The minimum Gasteiger partial charge on any atom is -0.265 e. The van der Waals surface area contributed by atoms with E-state index >= 15 is 0 Å². The smallest absolute Gasteiger partial charge is 0.0709 e. The Morgan fingerprint density at radius 1 is 0.333 bits per heavy atom. The predicted octanol–water partition coefficient (Wildman–Crippen LogP) is 10.6. The van der Waals surface area contributed by atoms with E-state index in [1.165, 1.54) is 60.1 Å². The van der Waals surface area contributed by atoms with Crippen LogP contribution in [-0.4, -0.2) is 9.97 Å². The van der Waals surface area contributed by atoms with Crippen molar-refractivity contribution in [3.63, 3.8) is 0 Å². The molecule has 2 heteroatoms. The topological polar surface area (TPSA) is 25.8 Å². The second-order valence-electron chi connectivity index (χ2n) is 10.6. The zero-order chi connectivity index (χ0) is 27.9. The fraction of sp³-hybridized carbons (Fsp3) is 0. The van der Waals surface area contributed by atoms with Gasteiger partial charge in [-0.3, -0.25) is 9.97 Å². The first-order chi connectivity index (χ1) is 20.9. The van der Waals surface area contributed by atoms with Gasteiger partial charge in [0.1, 0.15) is 0 Å². The third-order valence-corrected chi connectivity index (χ3v) is 8.23. The van der Waals surface area contributed by atoms with Crippen molar-refractivity contribution in [1.29, 1.82) is 0 Å². The number of hydrogen-bond donors (Lipinski definition) is 0. The van der Waals surface area contributed by atoms with Gasteiger partial charge < -0.3 is 0 Å². The Hall–Kier alpha value is -5.60. The lowest BCUT2D eigenvalue weighted by atomic mass is 9.84. The number of fused-ring (bicyclic) bond motifs is 3.